The van der Waals surface area contributed by atoms with Gasteiger partial charge in [0.15, 0.2) is 0 Å². The number of nitrogens with one attached hydrogen (secondary N) is 1. The summed E-state index contributed by atoms with van der Waals surface area (Å²) in [6.45, 7) is 5.21. The Kier molecular flexibility index (Phi) is 3.06. The van der Waals surface area contributed by atoms with Crippen LogP contribution in [-0.4, -0.2) is 35.6 Å². The summed E-state index contributed by atoms with van der Waals surface area (Å²) in [6, 6.07) is 7.15. The first-order chi connectivity index (χ1) is 8.74. The first kappa shape index (κ1) is 11.7. The largest absolute Gasteiger partial charge is 0.346 e. The molecule has 0 amide bonds. The van der Waals surface area contributed by atoms with Crippen LogP contribution in [0.3, 0.4) is 0 Å². The second kappa shape index (κ2) is 4.71. The third-order valence-corrected chi connectivity index (χ3v) is 3.70. The molecule has 96 valence electrons. The highest BCUT2D eigenvalue weighted by atomic mass is 19.1. The van der Waals surface area contributed by atoms with Crippen LogP contribution in [0, 0.1) is 5.82 Å². The Labute approximate surface area is 106 Å². The van der Waals surface area contributed by atoms with Crippen LogP contribution in [0.4, 0.5) is 4.39 Å². The van der Waals surface area contributed by atoms with Crippen LogP contribution >= 0.6 is 0 Å². The van der Waals surface area contributed by atoms with E-state index in [4.69, 9.17) is 0 Å². The van der Waals surface area contributed by atoms with Crippen LogP contribution in [-0.2, 0) is 13.6 Å². The molecule has 1 saturated heterocycles. The minimum atomic E-state index is -0.169. The van der Waals surface area contributed by atoms with Crippen molar-refractivity contribution >= 4 is 10.9 Å². The highest BCUT2D eigenvalue weighted by Gasteiger charge is 2.13. The van der Waals surface area contributed by atoms with Crippen LogP contribution in [0.25, 0.3) is 10.9 Å². The molecule has 0 spiro atoms. The number of piperazine rings is 1. The van der Waals surface area contributed by atoms with Crippen molar-refractivity contribution in [3.8, 4) is 0 Å². The number of aryl methyl sites for hydroxylation is 1. The molecule has 0 atom stereocenters. The third-order valence-electron chi connectivity index (χ3n) is 3.70. The van der Waals surface area contributed by atoms with E-state index >= 15 is 0 Å². The first-order valence-corrected chi connectivity index (χ1v) is 6.41. The van der Waals surface area contributed by atoms with Gasteiger partial charge in [-0.25, -0.2) is 4.39 Å². The maximum atomic E-state index is 13.3. The van der Waals surface area contributed by atoms with E-state index in [1.54, 1.807) is 6.07 Å². The Morgan fingerprint density at radius 1 is 1.22 bits per heavy atom. The number of nitrogens with zero attached hydrogens (tertiary/aromatic N) is 2. The predicted octanol–water partition coefficient (Wildman–Crippen LogP) is 1.72. The molecule has 0 unspecified atom stereocenters. The van der Waals surface area contributed by atoms with Gasteiger partial charge in [0.1, 0.15) is 5.82 Å². The van der Waals surface area contributed by atoms with Gasteiger partial charge in [0.2, 0.25) is 0 Å². The van der Waals surface area contributed by atoms with Gasteiger partial charge in [0, 0.05) is 50.9 Å². The molecule has 1 aromatic heterocycles. The van der Waals surface area contributed by atoms with Gasteiger partial charge in [-0.15, -0.1) is 0 Å². The molecule has 0 aliphatic carbocycles. The Bertz CT molecular complexity index is 555. The molecule has 18 heavy (non-hydrogen) atoms. The van der Waals surface area contributed by atoms with Crippen LogP contribution in [0.1, 0.15) is 5.69 Å². The number of hydrogen-bond acceptors (Lipinski definition) is 2. The van der Waals surface area contributed by atoms with Gasteiger partial charge in [-0.3, -0.25) is 4.90 Å². The predicted molar refractivity (Wildman–Crippen MR) is 71.0 cm³/mol. The SMILES string of the molecule is Cn1c(CN2CCNCC2)cc2ccc(F)cc21. The average Bonchev–Trinajstić information content (AvgIpc) is 2.68. The van der Waals surface area contributed by atoms with Gasteiger partial charge in [-0.2, -0.15) is 0 Å². The van der Waals surface area contributed by atoms with Gasteiger partial charge >= 0.3 is 0 Å². The minimum absolute atomic E-state index is 0.169. The van der Waals surface area contributed by atoms with Crippen molar-refractivity contribution in [1.29, 1.82) is 0 Å². The standard InChI is InChI=1S/C14H18FN3/c1-17-13(10-18-6-4-16-5-7-18)8-11-2-3-12(15)9-14(11)17/h2-3,8-9,16H,4-7,10H2,1H3. The highest BCUT2D eigenvalue weighted by Crippen LogP contribution is 2.21. The molecular weight excluding hydrogens is 229 g/mol. The van der Waals surface area contributed by atoms with Crippen molar-refractivity contribution in [3.63, 3.8) is 0 Å². The average molecular weight is 247 g/mol. The van der Waals surface area contributed by atoms with Gasteiger partial charge in [0.25, 0.3) is 0 Å². The second-order valence-electron chi connectivity index (χ2n) is 4.92. The summed E-state index contributed by atoms with van der Waals surface area (Å²) in [6.07, 6.45) is 0. The molecule has 0 bridgehead atoms. The molecule has 0 saturated carbocycles. The zero-order valence-corrected chi connectivity index (χ0v) is 10.6. The van der Waals surface area contributed by atoms with E-state index in [1.165, 1.54) is 11.8 Å². The first-order valence-electron chi connectivity index (χ1n) is 6.41. The quantitative estimate of drug-likeness (QED) is 0.872. The van der Waals surface area contributed by atoms with Crippen LogP contribution < -0.4 is 5.32 Å². The Balaban J connectivity index is 1.89. The van der Waals surface area contributed by atoms with Crippen LogP contribution in [0.15, 0.2) is 24.3 Å². The zero-order valence-electron chi connectivity index (χ0n) is 10.6. The molecule has 1 N–H and O–H groups in total. The van der Waals surface area contributed by atoms with E-state index in [1.807, 2.05) is 13.1 Å². The summed E-state index contributed by atoms with van der Waals surface area (Å²) >= 11 is 0. The van der Waals surface area contributed by atoms with E-state index in [-0.39, 0.29) is 5.82 Å². The monoisotopic (exact) mass is 247 g/mol. The maximum Gasteiger partial charge on any atom is 0.125 e. The van der Waals surface area contributed by atoms with Gasteiger partial charge in [-0.1, -0.05) is 0 Å². The van der Waals surface area contributed by atoms with Crippen molar-refractivity contribution in [2.45, 2.75) is 6.54 Å². The molecule has 2 aromatic rings. The Morgan fingerprint density at radius 3 is 2.78 bits per heavy atom. The lowest BCUT2D eigenvalue weighted by Crippen LogP contribution is -2.43. The Hall–Kier alpha value is -1.39. The lowest BCUT2D eigenvalue weighted by Gasteiger charge is -2.27. The van der Waals surface area contributed by atoms with Crippen molar-refractivity contribution in [2.24, 2.45) is 7.05 Å². The van der Waals surface area contributed by atoms with Crippen LogP contribution in [0.2, 0.25) is 0 Å². The highest BCUT2D eigenvalue weighted by molar-refractivity contribution is 5.81. The number of benzene rings is 1. The summed E-state index contributed by atoms with van der Waals surface area (Å²) < 4.78 is 15.4. The summed E-state index contributed by atoms with van der Waals surface area (Å²) in [5.41, 5.74) is 2.22. The fraction of sp³-hybridized carbons (Fsp3) is 0.429. The van der Waals surface area contributed by atoms with Crippen molar-refractivity contribution in [1.82, 2.24) is 14.8 Å². The van der Waals surface area contributed by atoms with Gasteiger partial charge in [0.05, 0.1) is 5.52 Å². The topological polar surface area (TPSA) is 20.2 Å². The van der Waals surface area contributed by atoms with Crippen molar-refractivity contribution in [2.75, 3.05) is 26.2 Å². The molecule has 3 nitrogen and oxygen atoms in total. The summed E-state index contributed by atoms with van der Waals surface area (Å²) in [5.74, 6) is -0.169. The Morgan fingerprint density at radius 2 is 2.00 bits per heavy atom. The fourth-order valence-electron chi connectivity index (χ4n) is 2.61. The van der Waals surface area contributed by atoms with E-state index in [0.717, 1.165) is 43.6 Å². The number of hydrogen-bond donors (Lipinski definition) is 1. The normalized spacial score (nSPS) is 17.4. The van der Waals surface area contributed by atoms with Gasteiger partial charge in [-0.05, 0) is 24.3 Å². The minimum Gasteiger partial charge on any atom is -0.346 e. The molecule has 4 heteroatoms. The molecule has 1 aromatic carbocycles. The van der Waals surface area contributed by atoms with Gasteiger partial charge < -0.3 is 9.88 Å². The van der Waals surface area contributed by atoms with Crippen molar-refractivity contribution in [3.05, 3.63) is 35.8 Å². The summed E-state index contributed by atoms with van der Waals surface area (Å²) in [4.78, 5) is 2.43. The second-order valence-corrected chi connectivity index (χ2v) is 4.92. The molecule has 3 rings (SSSR count). The van der Waals surface area contributed by atoms with E-state index in [9.17, 15) is 4.39 Å². The molecule has 1 fully saturated rings. The molecule has 1 aliphatic rings. The lowest BCUT2D eigenvalue weighted by molar-refractivity contribution is 0.229. The van der Waals surface area contributed by atoms with Crippen LogP contribution in [0.5, 0.6) is 0 Å². The van der Waals surface area contributed by atoms with Crippen molar-refractivity contribution < 1.29 is 4.39 Å². The number of aromatic nitrogens is 1. The molecule has 1 aliphatic heterocycles. The van der Waals surface area contributed by atoms with E-state index < -0.39 is 0 Å². The summed E-state index contributed by atoms with van der Waals surface area (Å²) in [5, 5.41) is 4.47. The number of halogens is 1. The molecule has 2 heterocycles. The molecule has 0 radical (unpaired) electrons. The number of fused-ring (bicyclic) bond motifs is 1. The fourth-order valence-corrected chi connectivity index (χ4v) is 2.61. The maximum absolute atomic E-state index is 13.3. The zero-order chi connectivity index (χ0) is 12.5. The summed E-state index contributed by atoms with van der Waals surface area (Å²) in [7, 11) is 2.01. The number of rotatable bonds is 2. The van der Waals surface area contributed by atoms with E-state index in [0.29, 0.717) is 0 Å². The molecular formula is C14H18FN3. The third kappa shape index (κ3) is 2.13. The lowest BCUT2D eigenvalue weighted by atomic mass is 10.2. The van der Waals surface area contributed by atoms with E-state index in [2.05, 4.69) is 20.9 Å². The smallest absolute Gasteiger partial charge is 0.125 e.